The molecule has 0 amide bonds. The summed E-state index contributed by atoms with van der Waals surface area (Å²) in [5, 5.41) is 10.5. The summed E-state index contributed by atoms with van der Waals surface area (Å²) in [7, 11) is 0. The van der Waals surface area contributed by atoms with Gasteiger partial charge in [-0.25, -0.2) is 0 Å². The average Bonchev–Trinajstić information content (AvgIpc) is 3.96. The molecule has 0 N–H and O–H groups in total. The number of hydrogen-bond donors (Lipinski definition) is 0. The molecule has 12 aromatic rings. The van der Waals surface area contributed by atoms with E-state index in [1.54, 1.807) is 0 Å². The first kappa shape index (κ1) is 30.9. The van der Waals surface area contributed by atoms with Crippen LogP contribution >= 0.6 is 0 Å². The number of hydrogen-bond acceptors (Lipinski definition) is 3. The summed E-state index contributed by atoms with van der Waals surface area (Å²) in [4.78, 5) is 2.30. The molecule has 0 bridgehead atoms. The highest BCUT2D eigenvalue weighted by Crippen LogP contribution is 2.43. The quantitative estimate of drug-likeness (QED) is 0.178. The number of fused-ring (bicyclic) bond motifs is 11. The van der Waals surface area contributed by atoms with Crippen LogP contribution in [0, 0.1) is 0 Å². The molecule has 0 aliphatic carbocycles. The van der Waals surface area contributed by atoms with Crippen molar-refractivity contribution in [2.24, 2.45) is 0 Å². The fraction of sp³-hybridized carbons (Fsp3) is 0. The maximum Gasteiger partial charge on any atom is 0.137 e. The van der Waals surface area contributed by atoms with E-state index in [-0.39, 0.29) is 0 Å². The van der Waals surface area contributed by atoms with Crippen LogP contribution in [0.3, 0.4) is 0 Å². The zero-order valence-electron chi connectivity index (χ0n) is 30.2. The second kappa shape index (κ2) is 12.0. The van der Waals surface area contributed by atoms with Crippen molar-refractivity contribution in [2.45, 2.75) is 0 Å². The summed E-state index contributed by atoms with van der Waals surface area (Å²) in [6.07, 6.45) is 0. The minimum atomic E-state index is 0.846. The van der Waals surface area contributed by atoms with Gasteiger partial charge in [0.15, 0.2) is 0 Å². The van der Waals surface area contributed by atoms with E-state index in [1.165, 1.54) is 32.4 Å². The number of rotatable bonds is 5. The van der Waals surface area contributed by atoms with E-state index in [4.69, 9.17) is 8.83 Å². The Hall–Kier alpha value is -7.56. The smallest absolute Gasteiger partial charge is 0.137 e. The Labute approximate surface area is 321 Å². The second-order valence-electron chi connectivity index (χ2n) is 14.5. The maximum absolute atomic E-state index is 6.59. The molecule has 3 aromatic heterocycles. The molecule has 3 heterocycles. The van der Waals surface area contributed by atoms with Crippen LogP contribution in [-0.4, -0.2) is 4.57 Å². The number of nitrogens with zero attached hydrogens (tertiary/aromatic N) is 2. The topological polar surface area (TPSA) is 34.5 Å². The van der Waals surface area contributed by atoms with Crippen molar-refractivity contribution in [1.82, 2.24) is 4.57 Å². The first-order chi connectivity index (χ1) is 27.7. The zero-order chi connectivity index (χ0) is 36.7. The van der Waals surface area contributed by atoms with Gasteiger partial charge in [0.05, 0.1) is 11.2 Å². The molecule has 0 saturated heterocycles. The molecule has 0 unspecified atom stereocenters. The van der Waals surface area contributed by atoms with Crippen molar-refractivity contribution >= 4 is 93.4 Å². The highest BCUT2D eigenvalue weighted by Gasteiger charge is 2.20. The third-order valence-electron chi connectivity index (χ3n) is 11.4. The maximum atomic E-state index is 6.59. The van der Waals surface area contributed by atoms with Gasteiger partial charge >= 0.3 is 0 Å². The van der Waals surface area contributed by atoms with Gasteiger partial charge in [-0.05, 0) is 99.9 Å². The minimum Gasteiger partial charge on any atom is -0.456 e. The van der Waals surface area contributed by atoms with Gasteiger partial charge in [0.1, 0.15) is 22.3 Å². The van der Waals surface area contributed by atoms with Crippen LogP contribution in [0.2, 0.25) is 0 Å². The van der Waals surface area contributed by atoms with Crippen molar-refractivity contribution in [3.8, 4) is 16.9 Å². The van der Waals surface area contributed by atoms with Crippen molar-refractivity contribution in [2.75, 3.05) is 4.90 Å². The third-order valence-corrected chi connectivity index (χ3v) is 11.4. The van der Waals surface area contributed by atoms with Crippen molar-refractivity contribution < 1.29 is 8.83 Å². The zero-order valence-corrected chi connectivity index (χ0v) is 30.2. The monoisotopic (exact) mass is 716 g/mol. The molecule has 12 rings (SSSR count). The highest BCUT2D eigenvalue weighted by molar-refractivity contribution is 6.20. The van der Waals surface area contributed by atoms with E-state index >= 15 is 0 Å². The Bertz CT molecular complexity index is 3330. The number of para-hydroxylation sites is 2. The molecule has 0 saturated carbocycles. The normalized spacial score (nSPS) is 11.9. The summed E-state index contributed by atoms with van der Waals surface area (Å²) in [6.45, 7) is 0. The summed E-state index contributed by atoms with van der Waals surface area (Å²) < 4.78 is 15.5. The summed E-state index contributed by atoms with van der Waals surface area (Å²) in [5.41, 5.74) is 11.1. The summed E-state index contributed by atoms with van der Waals surface area (Å²) in [6, 6.07) is 69.0. The average molecular weight is 717 g/mol. The summed E-state index contributed by atoms with van der Waals surface area (Å²) >= 11 is 0. The molecule has 262 valence electrons. The number of aromatic nitrogens is 1. The summed E-state index contributed by atoms with van der Waals surface area (Å²) in [5.74, 6) is 0. The number of anilines is 3. The Morgan fingerprint density at radius 2 is 0.875 bits per heavy atom. The van der Waals surface area contributed by atoms with E-state index in [0.29, 0.717) is 0 Å². The molecule has 4 heteroatoms. The van der Waals surface area contributed by atoms with E-state index in [1.807, 2.05) is 0 Å². The third kappa shape index (κ3) is 4.66. The van der Waals surface area contributed by atoms with E-state index in [2.05, 4.69) is 204 Å². The van der Waals surface area contributed by atoms with E-state index < -0.39 is 0 Å². The molecule has 0 radical (unpaired) electrons. The molecular weight excluding hydrogens is 685 g/mol. The molecule has 9 aromatic carbocycles. The Morgan fingerprint density at radius 3 is 1.48 bits per heavy atom. The van der Waals surface area contributed by atoms with Crippen molar-refractivity contribution in [1.29, 1.82) is 0 Å². The van der Waals surface area contributed by atoms with Gasteiger partial charge in [-0.3, -0.25) is 0 Å². The predicted molar refractivity (Wildman–Crippen MR) is 233 cm³/mol. The molecule has 0 aliphatic heterocycles. The van der Waals surface area contributed by atoms with Crippen LogP contribution in [-0.2, 0) is 0 Å². The van der Waals surface area contributed by atoms with Crippen LogP contribution < -0.4 is 4.90 Å². The Balaban J connectivity index is 1.04. The van der Waals surface area contributed by atoms with Crippen LogP contribution in [0.4, 0.5) is 17.1 Å². The fourth-order valence-electron chi connectivity index (χ4n) is 8.80. The molecule has 4 nitrogen and oxygen atoms in total. The fourth-order valence-corrected chi connectivity index (χ4v) is 8.80. The van der Waals surface area contributed by atoms with Crippen molar-refractivity contribution in [3.63, 3.8) is 0 Å². The minimum absolute atomic E-state index is 0.846. The van der Waals surface area contributed by atoms with Gasteiger partial charge in [0, 0.05) is 61.8 Å². The first-order valence-corrected chi connectivity index (χ1v) is 19.0. The van der Waals surface area contributed by atoms with Crippen LogP contribution in [0.15, 0.2) is 203 Å². The molecular formula is C52H32N2O2. The van der Waals surface area contributed by atoms with Gasteiger partial charge < -0.3 is 18.3 Å². The number of benzene rings is 9. The molecule has 0 fully saturated rings. The van der Waals surface area contributed by atoms with E-state index in [9.17, 15) is 0 Å². The van der Waals surface area contributed by atoms with Crippen molar-refractivity contribution in [3.05, 3.63) is 194 Å². The Kier molecular flexibility index (Phi) is 6.60. The molecule has 0 atom stereocenters. The predicted octanol–water partition coefficient (Wildman–Crippen LogP) is 14.9. The lowest BCUT2D eigenvalue weighted by atomic mass is 10.0. The van der Waals surface area contributed by atoms with E-state index in [0.717, 1.165) is 77.9 Å². The van der Waals surface area contributed by atoms with Gasteiger partial charge in [-0.15, -0.1) is 0 Å². The lowest BCUT2D eigenvalue weighted by molar-refractivity contribution is 0.669. The second-order valence-corrected chi connectivity index (χ2v) is 14.5. The Morgan fingerprint density at radius 1 is 0.357 bits per heavy atom. The van der Waals surface area contributed by atoms with Crippen LogP contribution in [0.1, 0.15) is 0 Å². The van der Waals surface area contributed by atoms with Crippen LogP contribution in [0.5, 0.6) is 0 Å². The van der Waals surface area contributed by atoms with Crippen LogP contribution in [0.25, 0.3) is 93.3 Å². The van der Waals surface area contributed by atoms with Gasteiger partial charge in [-0.1, -0.05) is 109 Å². The lowest BCUT2D eigenvalue weighted by Gasteiger charge is -2.25. The molecule has 0 aliphatic rings. The standard InChI is InChI=1S/C52H32N2O2/c1-2-13-37(14-3-1)54-45-17-9-6-12-36(45)30-46(54)35-18-22-38(23-19-35)53(39-24-26-43-49(31-39)55-47-28-20-33-10-4-7-15-41(33)51(43)47)40-25-27-44-50(32-40)56-48-29-21-34-11-5-8-16-42(34)52(44)48/h1-32H. The largest absolute Gasteiger partial charge is 0.456 e. The lowest BCUT2D eigenvalue weighted by Crippen LogP contribution is -2.09. The molecule has 0 spiro atoms. The SMILES string of the molecule is c1ccc(-n2c(-c3ccc(N(c4ccc5c(c4)oc4ccc6ccccc6c45)c4ccc5c(c4)oc4ccc6ccccc6c45)cc3)cc3ccccc32)cc1. The van der Waals surface area contributed by atoms with Gasteiger partial charge in [0.25, 0.3) is 0 Å². The highest BCUT2D eigenvalue weighted by atomic mass is 16.3. The number of furan rings is 2. The molecule has 56 heavy (non-hydrogen) atoms. The van der Waals surface area contributed by atoms with Gasteiger partial charge in [0.2, 0.25) is 0 Å². The van der Waals surface area contributed by atoms with Gasteiger partial charge in [-0.2, -0.15) is 0 Å². The first-order valence-electron chi connectivity index (χ1n) is 19.0.